The largest absolute Gasteiger partial charge is 0.347 e. The van der Waals surface area contributed by atoms with Crippen LogP contribution in [0.15, 0.2) is 53.0 Å². The van der Waals surface area contributed by atoms with Crippen molar-refractivity contribution < 1.29 is 4.79 Å². The van der Waals surface area contributed by atoms with Gasteiger partial charge in [0.1, 0.15) is 0 Å². The van der Waals surface area contributed by atoms with E-state index in [1.165, 1.54) is 16.6 Å². The smallest absolute Gasteiger partial charge is 0.230 e. The first-order valence-corrected chi connectivity index (χ1v) is 9.81. The quantitative estimate of drug-likeness (QED) is 0.643. The summed E-state index contributed by atoms with van der Waals surface area (Å²) in [6, 6.07) is 13.7. The van der Waals surface area contributed by atoms with Crippen molar-refractivity contribution in [2.45, 2.75) is 25.0 Å². The van der Waals surface area contributed by atoms with Crippen LogP contribution in [-0.2, 0) is 4.79 Å². The summed E-state index contributed by atoms with van der Waals surface area (Å²) >= 11 is 2.98. The minimum Gasteiger partial charge on any atom is -0.347 e. The van der Waals surface area contributed by atoms with E-state index < -0.39 is 0 Å². The lowest BCUT2D eigenvalue weighted by Crippen LogP contribution is -2.32. The number of carbonyl (C=O) groups excluding carboxylic acids is 1. The van der Waals surface area contributed by atoms with Crippen LogP contribution in [0.25, 0.3) is 5.69 Å². The van der Waals surface area contributed by atoms with E-state index in [2.05, 4.69) is 40.8 Å². The molecule has 0 aliphatic carbocycles. The number of para-hydroxylation sites is 1. The average molecular weight is 374 g/mol. The number of amides is 1. The van der Waals surface area contributed by atoms with Gasteiger partial charge >= 0.3 is 0 Å². The van der Waals surface area contributed by atoms with Gasteiger partial charge in [0.05, 0.1) is 17.5 Å². The van der Waals surface area contributed by atoms with Gasteiger partial charge in [0.25, 0.3) is 0 Å². The van der Waals surface area contributed by atoms with Gasteiger partial charge in [0, 0.05) is 4.88 Å². The summed E-state index contributed by atoms with van der Waals surface area (Å²) in [4.78, 5) is 13.6. The van der Waals surface area contributed by atoms with Crippen LogP contribution in [0.3, 0.4) is 0 Å². The van der Waals surface area contributed by atoms with E-state index in [9.17, 15) is 4.79 Å². The zero-order valence-electron chi connectivity index (χ0n) is 14.0. The molecule has 0 aliphatic heterocycles. The number of nitrogens with zero attached hydrogens (tertiary/aromatic N) is 4. The van der Waals surface area contributed by atoms with Gasteiger partial charge in [-0.25, -0.2) is 0 Å². The van der Waals surface area contributed by atoms with Crippen molar-refractivity contribution in [3.8, 4) is 5.69 Å². The third-order valence-corrected chi connectivity index (χ3v) is 5.48. The molecule has 2 aromatic heterocycles. The number of thioether (sulfide) groups is 1. The van der Waals surface area contributed by atoms with Gasteiger partial charge in [0.2, 0.25) is 11.1 Å². The molecule has 3 aromatic rings. The van der Waals surface area contributed by atoms with Crippen LogP contribution >= 0.6 is 23.1 Å². The normalized spacial score (nSPS) is 12.3. The Kier molecular flexibility index (Phi) is 5.83. The van der Waals surface area contributed by atoms with Crippen molar-refractivity contribution in [2.24, 2.45) is 5.92 Å². The molecular weight excluding hydrogens is 354 g/mol. The van der Waals surface area contributed by atoms with Gasteiger partial charge in [-0.3, -0.25) is 4.79 Å². The molecule has 6 nitrogen and oxygen atoms in total. The molecule has 0 bridgehead atoms. The fourth-order valence-electron chi connectivity index (χ4n) is 2.38. The van der Waals surface area contributed by atoms with Crippen molar-refractivity contribution in [3.63, 3.8) is 0 Å². The lowest BCUT2D eigenvalue weighted by atomic mass is 10.0. The highest BCUT2D eigenvalue weighted by molar-refractivity contribution is 7.99. The molecule has 0 saturated carbocycles. The second-order valence-corrected chi connectivity index (χ2v) is 7.72. The predicted molar refractivity (Wildman–Crippen MR) is 99.9 cm³/mol. The average Bonchev–Trinajstić information content (AvgIpc) is 3.30. The maximum atomic E-state index is 12.4. The van der Waals surface area contributed by atoms with Crippen LogP contribution in [0.5, 0.6) is 0 Å². The van der Waals surface area contributed by atoms with Crippen LogP contribution in [0.1, 0.15) is 24.8 Å². The first kappa shape index (κ1) is 17.6. The van der Waals surface area contributed by atoms with Crippen molar-refractivity contribution in [2.75, 3.05) is 5.75 Å². The van der Waals surface area contributed by atoms with Crippen molar-refractivity contribution >= 4 is 29.0 Å². The molecular formula is C17H19N5OS2. The first-order valence-electron chi connectivity index (χ1n) is 7.94. The summed E-state index contributed by atoms with van der Waals surface area (Å²) in [5, 5.41) is 17.5. The second kappa shape index (κ2) is 8.26. The monoisotopic (exact) mass is 373 g/mol. The van der Waals surface area contributed by atoms with Crippen molar-refractivity contribution in [1.29, 1.82) is 0 Å². The van der Waals surface area contributed by atoms with E-state index in [1.807, 2.05) is 41.8 Å². The van der Waals surface area contributed by atoms with E-state index in [4.69, 9.17) is 0 Å². The predicted octanol–water partition coefficient (Wildman–Crippen LogP) is 3.33. The summed E-state index contributed by atoms with van der Waals surface area (Å²) in [5.41, 5.74) is 0.869. The summed E-state index contributed by atoms with van der Waals surface area (Å²) in [5.74, 6) is 0.559. The molecule has 8 heteroatoms. The fourth-order valence-corrected chi connectivity index (χ4v) is 4.03. The Bertz CT molecular complexity index is 802. The van der Waals surface area contributed by atoms with Gasteiger partial charge in [-0.1, -0.05) is 49.9 Å². The van der Waals surface area contributed by atoms with Gasteiger partial charge in [0.15, 0.2) is 0 Å². The highest BCUT2D eigenvalue weighted by Gasteiger charge is 2.20. The highest BCUT2D eigenvalue weighted by atomic mass is 32.2. The van der Waals surface area contributed by atoms with E-state index >= 15 is 0 Å². The van der Waals surface area contributed by atoms with Crippen LogP contribution < -0.4 is 5.32 Å². The Morgan fingerprint density at radius 1 is 1.24 bits per heavy atom. The molecule has 2 heterocycles. The second-order valence-electron chi connectivity index (χ2n) is 5.80. The van der Waals surface area contributed by atoms with Gasteiger partial charge in [-0.15, -0.1) is 16.4 Å². The van der Waals surface area contributed by atoms with E-state index in [0.717, 1.165) is 5.69 Å². The lowest BCUT2D eigenvalue weighted by Gasteiger charge is -2.21. The number of thiophene rings is 1. The number of carbonyl (C=O) groups is 1. The lowest BCUT2D eigenvalue weighted by molar-refractivity contribution is -0.119. The van der Waals surface area contributed by atoms with E-state index in [1.54, 1.807) is 16.0 Å². The minimum absolute atomic E-state index is 0.0261. The van der Waals surface area contributed by atoms with Gasteiger partial charge < -0.3 is 5.32 Å². The first-order chi connectivity index (χ1) is 12.1. The SMILES string of the molecule is CC(C)[C@@H](NC(=O)CSc1nnnn1-c1ccccc1)c1cccs1. The molecule has 0 radical (unpaired) electrons. The number of tetrazole rings is 1. The summed E-state index contributed by atoms with van der Waals surface area (Å²) in [6.45, 7) is 4.21. The Morgan fingerprint density at radius 2 is 2.04 bits per heavy atom. The highest BCUT2D eigenvalue weighted by Crippen LogP contribution is 2.26. The number of aromatic nitrogens is 4. The Hall–Kier alpha value is -2.19. The Morgan fingerprint density at radius 3 is 2.72 bits per heavy atom. The van der Waals surface area contributed by atoms with E-state index in [0.29, 0.717) is 11.1 Å². The molecule has 3 rings (SSSR count). The molecule has 0 unspecified atom stereocenters. The number of hydrogen-bond donors (Lipinski definition) is 1. The molecule has 1 amide bonds. The van der Waals surface area contributed by atoms with Crippen LogP contribution in [-0.4, -0.2) is 31.9 Å². The minimum atomic E-state index is -0.0280. The number of hydrogen-bond acceptors (Lipinski definition) is 6. The topological polar surface area (TPSA) is 72.7 Å². The van der Waals surface area contributed by atoms with Gasteiger partial charge in [-0.2, -0.15) is 4.68 Å². The summed E-state index contributed by atoms with van der Waals surface area (Å²) in [6.07, 6.45) is 0. The molecule has 0 saturated heterocycles. The van der Waals surface area contributed by atoms with Crippen molar-refractivity contribution in [3.05, 3.63) is 52.7 Å². The standard InChI is InChI=1S/C17H19N5OS2/c1-12(2)16(14-9-6-10-24-14)18-15(23)11-25-17-19-20-21-22(17)13-7-4-3-5-8-13/h3-10,12,16H,11H2,1-2H3,(H,18,23)/t16-/m1/s1. The molecule has 25 heavy (non-hydrogen) atoms. The number of rotatable bonds is 7. The molecule has 130 valence electrons. The maximum Gasteiger partial charge on any atom is 0.230 e. The summed E-state index contributed by atoms with van der Waals surface area (Å²) in [7, 11) is 0. The molecule has 1 N–H and O–H groups in total. The third-order valence-electron chi connectivity index (χ3n) is 3.61. The maximum absolute atomic E-state index is 12.4. The van der Waals surface area contributed by atoms with Gasteiger partial charge in [-0.05, 0) is 39.9 Å². The van der Waals surface area contributed by atoms with Crippen molar-refractivity contribution in [1.82, 2.24) is 25.5 Å². The van der Waals surface area contributed by atoms with Crippen LogP contribution in [0.4, 0.5) is 0 Å². The molecule has 0 spiro atoms. The number of benzene rings is 1. The zero-order chi connectivity index (χ0) is 17.6. The zero-order valence-corrected chi connectivity index (χ0v) is 15.6. The summed E-state index contributed by atoms with van der Waals surface area (Å²) < 4.78 is 1.64. The van der Waals surface area contributed by atoms with Crippen LogP contribution in [0.2, 0.25) is 0 Å². The molecule has 0 fully saturated rings. The fraction of sp³-hybridized carbons (Fsp3) is 0.294. The molecule has 1 aromatic carbocycles. The molecule has 0 aliphatic rings. The number of nitrogens with one attached hydrogen (secondary N) is 1. The Balaban J connectivity index is 1.62. The molecule has 1 atom stereocenters. The third kappa shape index (κ3) is 4.46. The van der Waals surface area contributed by atoms with E-state index in [-0.39, 0.29) is 17.7 Å². The Labute approximate surface area is 154 Å². The van der Waals surface area contributed by atoms with Crippen LogP contribution in [0, 0.1) is 5.92 Å².